The summed E-state index contributed by atoms with van der Waals surface area (Å²) in [5, 5.41) is 2.18. The van der Waals surface area contributed by atoms with Crippen LogP contribution in [0.15, 0.2) is 42.5 Å². The molecule has 27 heavy (non-hydrogen) atoms. The molecule has 2 aromatic carbocycles. The normalized spacial score (nSPS) is 12.7. The Morgan fingerprint density at radius 2 is 1.41 bits per heavy atom. The first-order valence-corrected chi connectivity index (χ1v) is 12.1. The molecule has 0 N–H and O–H groups in total. The van der Waals surface area contributed by atoms with Crippen LogP contribution >= 0.6 is 0 Å². The number of aromatic nitrogens is 1. The third-order valence-corrected chi connectivity index (χ3v) is 12.0. The highest BCUT2D eigenvalue weighted by molar-refractivity contribution is 6.78. The molecule has 0 fully saturated rings. The van der Waals surface area contributed by atoms with Crippen LogP contribution in [-0.2, 0) is 0 Å². The van der Waals surface area contributed by atoms with Crippen LogP contribution in [0, 0.1) is 0 Å². The number of nitrogens with zero attached hydrogens (tertiary/aromatic N) is 1. The molecule has 0 saturated heterocycles. The van der Waals surface area contributed by atoms with Crippen molar-refractivity contribution in [2.45, 2.75) is 65.1 Å². The molecule has 0 unspecified atom stereocenters. The molecule has 0 atom stereocenters. The SMILES string of the molecule is CC(=O)n1c2ccccc2c2cc(O[Si](C(C)C)(C(C)C)C(C)C)ccc21. The van der Waals surface area contributed by atoms with Gasteiger partial charge in [-0.15, -0.1) is 0 Å². The fraction of sp³-hybridized carbons (Fsp3) is 0.435. The molecule has 3 nitrogen and oxygen atoms in total. The third-order valence-electron chi connectivity index (χ3n) is 5.96. The van der Waals surface area contributed by atoms with Gasteiger partial charge in [0.25, 0.3) is 8.32 Å². The molecule has 1 heterocycles. The van der Waals surface area contributed by atoms with Crippen molar-refractivity contribution >= 4 is 36.0 Å². The molecule has 4 heteroatoms. The summed E-state index contributed by atoms with van der Waals surface area (Å²) in [6.07, 6.45) is 0. The molecule has 3 rings (SSSR count). The van der Waals surface area contributed by atoms with Gasteiger partial charge in [-0.2, -0.15) is 0 Å². The highest BCUT2D eigenvalue weighted by atomic mass is 28.4. The van der Waals surface area contributed by atoms with Crippen molar-refractivity contribution in [1.29, 1.82) is 0 Å². The van der Waals surface area contributed by atoms with Crippen LogP contribution in [0.3, 0.4) is 0 Å². The molecule has 0 aliphatic heterocycles. The van der Waals surface area contributed by atoms with Crippen molar-refractivity contribution < 1.29 is 9.22 Å². The van der Waals surface area contributed by atoms with Crippen LogP contribution in [0.25, 0.3) is 21.8 Å². The third kappa shape index (κ3) is 3.10. The number of hydrogen-bond acceptors (Lipinski definition) is 2. The van der Waals surface area contributed by atoms with Crippen molar-refractivity contribution in [3.05, 3.63) is 42.5 Å². The first-order chi connectivity index (χ1) is 12.7. The predicted molar refractivity (Wildman–Crippen MR) is 117 cm³/mol. The molecule has 0 aliphatic carbocycles. The molecular weight excluding hydrogens is 350 g/mol. The van der Waals surface area contributed by atoms with Gasteiger partial charge in [0, 0.05) is 17.7 Å². The highest BCUT2D eigenvalue weighted by Gasteiger charge is 2.47. The van der Waals surface area contributed by atoms with Crippen molar-refractivity contribution in [3.8, 4) is 5.75 Å². The summed E-state index contributed by atoms with van der Waals surface area (Å²) >= 11 is 0. The zero-order valence-electron chi connectivity index (χ0n) is 17.5. The largest absolute Gasteiger partial charge is 0.543 e. The second-order valence-electron chi connectivity index (χ2n) is 8.47. The van der Waals surface area contributed by atoms with Gasteiger partial charge in [0.15, 0.2) is 0 Å². The van der Waals surface area contributed by atoms with Crippen molar-refractivity contribution in [3.63, 3.8) is 0 Å². The minimum Gasteiger partial charge on any atom is -0.543 e. The molecule has 0 bridgehead atoms. The Kier molecular flexibility index (Phi) is 5.22. The molecule has 3 aromatic rings. The van der Waals surface area contributed by atoms with Gasteiger partial charge in [-0.1, -0.05) is 59.7 Å². The van der Waals surface area contributed by atoms with Crippen molar-refractivity contribution in [1.82, 2.24) is 4.57 Å². The molecule has 0 saturated carbocycles. The smallest absolute Gasteiger partial charge is 0.258 e. The van der Waals surface area contributed by atoms with Gasteiger partial charge in [0.2, 0.25) is 5.91 Å². The lowest BCUT2D eigenvalue weighted by atomic mass is 10.1. The number of rotatable bonds is 5. The second kappa shape index (κ2) is 7.15. The zero-order chi connectivity index (χ0) is 19.9. The summed E-state index contributed by atoms with van der Waals surface area (Å²) < 4.78 is 8.66. The number of fused-ring (bicyclic) bond motifs is 3. The van der Waals surface area contributed by atoms with Gasteiger partial charge < -0.3 is 4.43 Å². The summed E-state index contributed by atoms with van der Waals surface area (Å²) in [5.41, 5.74) is 3.46. The Bertz CT molecular complexity index is 963. The van der Waals surface area contributed by atoms with Gasteiger partial charge in [0.1, 0.15) is 5.75 Å². The molecule has 0 radical (unpaired) electrons. The Morgan fingerprint density at radius 1 is 0.852 bits per heavy atom. The van der Waals surface area contributed by atoms with Crippen LogP contribution < -0.4 is 4.43 Å². The number of carbonyl (C=O) groups is 1. The summed E-state index contributed by atoms with van der Waals surface area (Å²) in [6, 6.07) is 14.3. The second-order valence-corrected chi connectivity index (χ2v) is 13.8. The minimum atomic E-state index is -2.01. The number of para-hydroxylation sites is 1. The number of benzene rings is 2. The van der Waals surface area contributed by atoms with E-state index in [9.17, 15) is 4.79 Å². The molecular formula is C23H31NO2Si. The Morgan fingerprint density at radius 3 is 1.96 bits per heavy atom. The quantitative estimate of drug-likeness (QED) is 0.445. The minimum absolute atomic E-state index is 0.0325. The molecule has 0 amide bonds. The van der Waals surface area contributed by atoms with E-state index in [1.165, 1.54) is 0 Å². The number of carbonyl (C=O) groups excluding carboxylic acids is 1. The van der Waals surface area contributed by atoms with E-state index in [0.717, 1.165) is 27.6 Å². The Hall–Kier alpha value is -2.07. The van der Waals surface area contributed by atoms with E-state index in [4.69, 9.17) is 4.43 Å². The standard InChI is InChI=1S/C23H31NO2Si/c1-15(2)27(16(3)4,17(5)6)26-19-12-13-23-21(14-19)20-10-8-9-11-22(20)24(23)18(7)25/h8-17H,1-7H3. The average molecular weight is 382 g/mol. The van der Waals surface area contributed by atoms with Gasteiger partial charge in [-0.05, 0) is 40.9 Å². The first-order valence-electron chi connectivity index (χ1n) is 9.93. The van der Waals surface area contributed by atoms with Crippen LogP contribution in [0.1, 0.15) is 53.3 Å². The maximum absolute atomic E-state index is 12.3. The lowest BCUT2D eigenvalue weighted by Crippen LogP contribution is -2.50. The summed E-state index contributed by atoms with van der Waals surface area (Å²) in [7, 11) is -2.01. The number of hydrogen-bond donors (Lipinski definition) is 0. The molecule has 0 aliphatic rings. The van der Waals surface area contributed by atoms with E-state index in [-0.39, 0.29) is 5.91 Å². The average Bonchev–Trinajstić information content (AvgIpc) is 2.92. The highest BCUT2D eigenvalue weighted by Crippen LogP contribution is 2.43. The van der Waals surface area contributed by atoms with Crippen LogP contribution in [-0.4, -0.2) is 18.8 Å². The molecule has 144 valence electrons. The van der Waals surface area contributed by atoms with E-state index >= 15 is 0 Å². The van der Waals surface area contributed by atoms with Crippen LogP contribution in [0.5, 0.6) is 5.75 Å². The molecule has 1 aromatic heterocycles. The van der Waals surface area contributed by atoms with E-state index in [1.807, 2.05) is 30.3 Å². The maximum Gasteiger partial charge on any atom is 0.258 e. The van der Waals surface area contributed by atoms with Gasteiger partial charge in [-0.3, -0.25) is 9.36 Å². The predicted octanol–water partition coefficient (Wildman–Crippen LogP) is 7.01. The van der Waals surface area contributed by atoms with Crippen molar-refractivity contribution in [2.24, 2.45) is 0 Å². The summed E-state index contributed by atoms with van der Waals surface area (Å²) in [5.74, 6) is 0.960. The van der Waals surface area contributed by atoms with Gasteiger partial charge in [0.05, 0.1) is 11.0 Å². The van der Waals surface area contributed by atoms with Gasteiger partial charge in [-0.25, -0.2) is 0 Å². The molecule has 0 spiro atoms. The Labute approximate surface area is 163 Å². The van der Waals surface area contributed by atoms with Gasteiger partial charge >= 0.3 is 0 Å². The zero-order valence-corrected chi connectivity index (χ0v) is 18.5. The monoisotopic (exact) mass is 381 g/mol. The van der Waals surface area contributed by atoms with Crippen LogP contribution in [0.2, 0.25) is 16.6 Å². The fourth-order valence-corrected chi connectivity index (χ4v) is 10.2. The Balaban J connectivity index is 2.20. The van der Waals surface area contributed by atoms with E-state index in [0.29, 0.717) is 16.6 Å². The lowest BCUT2D eigenvalue weighted by molar-refractivity contribution is 0.0946. The van der Waals surface area contributed by atoms with E-state index < -0.39 is 8.32 Å². The van der Waals surface area contributed by atoms with Crippen molar-refractivity contribution in [2.75, 3.05) is 0 Å². The topological polar surface area (TPSA) is 31.2 Å². The maximum atomic E-state index is 12.3. The van der Waals surface area contributed by atoms with E-state index in [1.54, 1.807) is 11.5 Å². The fourth-order valence-electron chi connectivity index (χ4n) is 4.91. The summed E-state index contributed by atoms with van der Waals surface area (Å²) in [6.45, 7) is 15.4. The summed E-state index contributed by atoms with van der Waals surface area (Å²) in [4.78, 5) is 12.3. The first kappa shape index (κ1) is 19.7. The van der Waals surface area contributed by atoms with Crippen LogP contribution in [0.4, 0.5) is 0 Å². The van der Waals surface area contributed by atoms with E-state index in [2.05, 4.69) is 53.7 Å². The lowest BCUT2D eigenvalue weighted by Gasteiger charge is -2.42.